The number of benzene rings is 1. The van der Waals surface area contributed by atoms with Crippen LogP contribution in [0.2, 0.25) is 5.02 Å². The normalized spacial score (nSPS) is 18.2. The molecule has 1 heterocycles. The molecule has 1 atom stereocenters. The maximum atomic E-state index is 12.1. The Morgan fingerprint density at radius 1 is 1.48 bits per heavy atom. The van der Waals surface area contributed by atoms with Crippen molar-refractivity contribution in [1.82, 2.24) is 4.90 Å². The van der Waals surface area contributed by atoms with Crippen molar-refractivity contribution in [2.24, 2.45) is 0 Å². The van der Waals surface area contributed by atoms with E-state index in [1.165, 1.54) is 18.2 Å². The lowest BCUT2D eigenvalue weighted by atomic mass is 10.2. The minimum atomic E-state index is -2.99. The topological polar surface area (TPSA) is 78.9 Å². The second-order valence-corrected chi connectivity index (χ2v) is 5.45. The molecule has 1 aromatic carbocycles. The fourth-order valence-corrected chi connectivity index (χ4v) is 2.68. The summed E-state index contributed by atoms with van der Waals surface area (Å²) in [5, 5.41) is 11.5. The molecule has 1 aliphatic rings. The van der Waals surface area contributed by atoms with Crippen LogP contribution < -0.4 is 10.1 Å². The summed E-state index contributed by atoms with van der Waals surface area (Å²) in [6, 6.07) is 3.22. The molecule has 0 aromatic heterocycles. The van der Waals surface area contributed by atoms with Crippen molar-refractivity contribution in [1.29, 1.82) is 0 Å². The maximum absolute atomic E-state index is 12.1. The first kappa shape index (κ1) is 17.4. The van der Waals surface area contributed by atoms with E-state index in [0.717, 1.165) is 6.42 Å². The van der Waals surface area contributed by atoms with E-state index >= 15 is 0 Å². The average molecular weight is 349 g/mol. The molecule has 0 bridgehead atoms. The van der Waals surface area contributed by atoms with Crippen LogP contribution in [-0.2, 0) is 9.59 Å². The number of rotatable bonds is 6. The highest BCUT2D eigenvalue weighted by Crippen LogP contribution is 2.29. The van der Waals surface area contributed by atoms with Crippen molar-refractivity contribution in [3.63, 3.8) is 0 Å². The van der Waals surface area contributed by atoms with Crippen LogP contribution in [0.15, 0.2) is 18.2 Å². The number of carbonyl (C=O) groups excluding carboxylic acids is 1. The third-order valence-corrected chi connectivity index (χ3v) is 3.72. The molecular weight excluding hydrogens is 334 g/mol. The molecule has 0 spiro atoms. The second kappa shape index (κ2) is 7.56. The molecule has 2 N–H and O–H groups in total. The number of aliphatic carboxylic acids is 1. The summed E-state index contributed by atoms with van der Waals surface area (Å²) in [7, 11) is 0. The highest BCUT2D eigenvalue weighted by molar-refractivity contribution is 6.32. The quantitative estimate of drug-likeness (QED) is 0.825. The fourth-order valence-electron chi connectivity index (χ4n) is 2.45. The number of anilines is 1. The summed E-state index contributed by atoms with van der Waals surface area (Å²) in [5.74, 6) is -1.55. The Labute approximate surface area is 136 Å². The van der Waals surface area contributed by atoms with Crippen molar-refractivity contribution in [2.75, 3.05) is 18.4 Å². The lowest BCUT2D eigenvalue weighted by Gasteiger charge is -2.20. The molecule has 1 aromatic rings. The van der Waals surface area contributed by atoms with Crippen LogP contribution in [0.1, 0.15) is 12.8 Å². The van der Waals surface area contributed by atoms with Gasteiger partial charge in [-0.3, -0.25) is 14.5 Å². The number of ether oxygens (including phenoxy) is 1. The zero-order valence-electron chi connectivity index (χ0n) is 12.0. The van der Waals surface area contributed by atoms with E-state index in [-0.39, 0.29) is 17.3 Å². The standard InChI is InChI=1S/C14H15ClF2N2O4/c15-9-6-8(3-4-11(9)23-14(16)17)18-12(20)7-19-5-1-2-10(19)13(21)22/h3-4,6,10,14H,1-2,5,7H2,(H,18,20)(H,21,22). The van der Waals surface area contributed by atoms with Gasteiger partial charge in [0.25, 0.3) is 0 Å². The average Bonchev–Trinajstić information content (AvgIpc) is 2.89. The Kier molecular flexibility index (Phi) is 5.73. The Morgan fingerprint density at radius 2 is 2.22 bits per heavy atom. The predicted octanol–water partition coefficient (Wildman–Crippen LogP) is 2.43. The lowest BCUT2D eigenvalue weighted by Crippen LogP contribution is -2.40. The number of carboxylic acids is 1. The first-order chi connectivity index (χ1) is 10.9. The largest absolute Gasteiger partial charge is 0.480 e. The summed E-state index contributed by atoms with van der Waals surface area (Å²) in [6.45, 7) is -2.52. The number of hydrogen-bond acceptors (Lipinski definition) is 4. The van der Waals surface area contributed by atoms with Crippen LogP contribution in [0, 0.1) is 0 Å². The smallest absolute Gasteiger partial charge is 0.387 e. The van der Waals surface area contributed by atoms with Gasteiger partial charge < -0.3 is 15.2 Å². The zero-order chi connectivity index (χ0) is 17.0. The van der Waals surface area contributed by atoms with Gasteiger partial charge in [0.2, 0.25) is 5.91 Å². The van der Waals surface area contributed by atoms with Crippen molar-refractivity contribution >= 4 is 29.2 Å². The monoisotopic (exact) mass is 348 g/mol. The molecule has 0 saturated carbocycles. The highest BCUT2D eigenvalue weighted by atomic mass is 35.5. The minimum Gasteiger partial charge on any atom is -0.480 e. The van der Waals surface area contributed by atoms with Crippen molar-refractivity contribution in [2.45, 2.75) is 25.5 Å². The number of halogens is 3. The van der Waals surface area contributed by atoms with Gasteiger partial charge in [-0.15, -0.1) is 0 Å². The van der Waals surface area contributed by atoms with Crippen molar-refractivity contribution in [3.05, 3.63) is 23.2 Å². The minimum absolute atomic E-state index is 0.0623. The molecule has 1 saturated heterocycles. The van der Waals surface area contributed by atoms with Gasteiger partial charge in [0, 0.05) is 5.69 Å². The van der Waals surface area contributed by atoms with Gasteiger partial charge in [0.1, 0.15) is 11.8 Å². The van der Waals surface area contributed by atoms with Crippen LogP contribution in [0.4, 0.5) is 14.5 Å². The van der Waals surface area contributed by atoms with Crippen LogP contribution in [0.3, 0.4) is 0 Å². The number of alkyl halides is 2. The number of carbonyl (C=O) groups is 2. The molecule has 9 heteroatoms. The number of amides is 1. The van der Waals surface area contributed by atoms with E-state index in [9.17, 15) is 18.4 Å². The number of hydrogen-bond donors (Lipinski definition) is 2. The zero-order valence-corrected chi connectivity index (χ0v) is 12.7. The first-order valence-corrected chi connectivity index (χ1v) is 7.25. The highest BCUT2D eigenvalue weighted by Gasteiger charge is 2.31. The molecule has 6 nitrogen and oxygen atoms in total. The summed E-state index contributed by atoms with van der Waals surface area (Å²) in [5.41, 5.74) is 0.313. The van der Waals surface area contributed by atoms with Crippen molar-refractivity contribution in [3.8, 4) is 5.75 Å². The van der Waals surface area contributed by atoms with Gasteiger partial charge in [0.05, 0.1) is 11.6 Å². The van der Waals surface area contributed by atoms with Crippen LogP contribution in [0.5, 0.6) is 5.75 Å². The van der Waals surface area contributed by atoms with E-state index in [0.29, 0.717) is 18.7 Å². The Bertz CT molecular complexity index is 600. The molecule has 1 aliphatic heterocycles. The molecule has 0 aliphatic carbocycles. The number of likely N-dealkylation sites (tertiary alicyclic amines) is 1. The molecule has 1 fully saturated rings. The van der Waals surface area contributed by atoms with E-state index < -0.39 is 24.5 Å². The number of carboxylic acid groups (broad SMARTS) is 1. The second-order valence-electron chi connectivity index (χ2n) is 5.04. The van der Waals surface area contributed by atoms with Crippen LogP contribution in [0.25, 0.3) is 0 Å². The fraction of sp³-hybridized carbons (Fsp3) is 0.429. The third kappa shape index (κ3) is 4.77. The van der Waals surface area contributed by atoms with E-state index in [1.807, 2.05) is 0 Å². The van der Waals surface area contributed by atoms with Gasteiger partial charge in [-0.1, -0.05) is 11.6 Å². The summed E-state index contributed by atoms with van der Waals surface area (Å²) in [4.78, 5) is 24.6. The molecule has 23 heavy (non-hydrogen) atoms. The van der Waals surface area contributed by atoms with Crippen molar-refractivity contribution < 1.29 is 28.2 Å². The number of nitrogens with zero attached hydrogens (tertiary/aromatic N) is 1. The summed E-state index contributed by atoms with van der Waals surface area (Å²) in [6.07, 6.45) is 1.23. The lowest BCUT2D eigenvalue weighted by molar-refractivity contribution is -0.142. The van der Waals surface area contributed by atoms with Gasteiger partial charge >= 0.3 is 12.6 Å². The van der Waals surface area contributed by atoms with Crippen LogP contribution >= 0.6 is 11.6 Å². The van der Waals surface area contributed by atoms with E-state index in [2.05, 4.69) is 10.1 Å². The van der Waals surface area contributed by atoms with E-state index in [4.69, 9.17) is 16.7 Å². The molecule has 1 unspecified atom stereocenters. The molecule has 1 amide bonds. The Balaban J connectivity index is 1.95. The number of nitrogens with one attached hydrogen (secondary N) is 1. The molecule has 2 rings (SSSR count). The summed E-state index contributed by atoms with van der Waals surface area (Å²) >= 11 is 5.79. The van der Waals surface area contributed by atoms with Gasteiger partial charge in [-0.05, 0) is 37.6 Å². The van der Waals surface area contributed by atoms with Gasteiger partial charge in [-0.25, -0.2) is 0 Å². The van der Waals surface area contributed by atoms with E-state index in [1.54, 1.807) is 4.90 Å². The Morgan fingerprint density at radius 3 is 2.83 bits per heavy atom. The third-order valence-electron chi connectivity index (χ3n) is 3.43. The molecule has 126 valence electrons. The van der Waals surface area contributed by atoms with Gasteiger partial charge in [-0.2, -0.15) is 8.78 Å². The Hall–Kier alpha value is -1.93. The molecular formula is C14H15ClF2N2O4. The van der Waals surface area contributed by atoms with Gasteiger partial charge in [0.15, 0.2) is 0 Å². The first-order valence-electron chi connectivity index (χ1n) is 6.88. The predicted molar refractivity (Wildman–Crippen MR) is 78.9 cm³/mol. The van der Waals surface area contributed by atoms with Crippen LogP contribution in [-0.4, -0.2) is 47.6 Å². The SMILES string of the molecule is O=C(CN1CCCC1C(=O)O)Nc1ccc(OC(F)F)c(Cl)c1. The maximum Gasteiger partial charge on any atom is 0.387 e. The molecule has 0 radical (unpaired) electrons. The summed E-state index contributed by atoms with van der Waals surface area (Å²) < 4.78 is 28.5.